The molecule has 0 saturated heterocycles. The van der Waals surface area contributed by atoms with Crippen molar-refractivity contribution in [3.8, 4) is 0 Å². The van der Waals surface area contributed by atoms with Crippen LogP contribution in [0.15, 0.2) is 51.8 Å². The van der Waals surface area contributed by atoms with Crippen molar-refractivity contribution in [3.63, 3.8) is 0 Å². The third kappa shape index (κ3) is 3.00. The third-order valence-electron chi connectivity index (χ3n) is 3.13. The zero-order valence-electron chi connectivity index (χ0n) is 11.6. The molecule has 22 heavy (non-hydrogen) atoms. The second-order valence-electron chi connectivity index (χ2n) is 4.66. The van der Waals surface area contributed by atoms with Gasteiger partial charge in [0.05, 0.1) is 5.52 Å². The Morgan fingerprint density at radius 2 is 1.95 bits per heavy atom. The summed E-state index contributed by atoms with van der Waals surface area (Å²) in [5.41, 5.74) is 2.46. The maximum Gasteiger partial charge on any atom is 0.266 e. The molecule has 112 valence electrons. The van der Waals surface area contributed by atoms with Gasteiger partial charge in [0.1, 0.15) is 0 Å². The Morgan fingerprint density at radius 3 is 2.64 bits per heavy atom. The molecule has 0 aliphatic heterocycles. The van der Waals surface area contributed by atoms with E-state index in [9.17, 15) is 9.00 Å². The van der Waals surface area contributed by atoms with Crippen molar-refractivity contribution in [3.05, 3.63) is 52.9 Å². The van der Waals surface area contributed by atoms with Crippen molar-refractivity contribution in [2.24, 2.45) is 0 Å². The van der Waals surface area contributed by atoms with E-state index in [1.54, 1.807) is 48.7 Å². The smallest absolute Gasteiger partial charge is 0.266 e. The molecule has 1 aromatic heterocycles. The fourth-order valence-corrected chi connectivity index (χ4v) is 2.74. The van der Waals surface area contributed by atoms with Gasteiger partial charge in [-0.15, -0.1) is 0 Å². The predicted molar refractivity (Wildman–Crippen MR) is 88.1 cm³/mol. The molecule has 0 bridgehead atoms. The Kier molecular flexibility index (Phi) is 3.91. The van der Waals surface area contributed by atoms with Gasteiger partial charge in [-0.3, -0.25) is 9.00 Å². The minimum Gasteiger partial charge on any atom is -0.429 e. The van der Waals surface area contributed by atoms with Crippen molar-refractivity contribution >= 4 is 45.7 Å². The summed E-state index contributed by atoms with van der Waals surface area (Å²) in [4.78, 5) is 16.1. The molecule has 0 saturated carbocycles. The van der Waals surface area contributed by atoms with Crippen LogP contribution in [-0.2, 0) is 10.8 Å². The standard InChI is InChI=1S/C15H12N2O3S2/c1-22(19)11-5-2-9(3-6-11)14(18)16-10-4-7-12-13(8-10)20-15(21)17-12/h2-8H,1H3,(H,16,18)(H,17,21)/t22-/m1/s1. The first-order chi connectivity index (χ1) is 10.5. The number of carbonyl (C=O) groups excluding carboxylic acids is 1. The number of fused-ring (bicyclic) bond motifs is 1. The molecule has 1 heterocycles. The number of rotatable bonds is 3. The highest BCUT2D eigenvalue weighted by Gasteiger charge is 2.08. The van der Waals surface area contributed by atoms with E-state index in [0.717, 1.165) is 5.52 Å². The summed E-state index contributed by atoms with van der Waals surface area (Å²) in [5.74, 6) is -0.248. The van der Waals surface area contributed by atoms with Gasteiger partial charge in [-0.25, -0.2) is 0 Å². The average Bonchev–Trinajstić information content (AvgIpc) is 2.86. The summed E-state index contributed by atoms with van der Waals surface area (Å²) in [6.07, 6.45) is 1.60. The molecule has 0 aliphatic rings. The number of anilines is 1. The van der Waals surface area contributed by atoms with Crippen molar-refractivity contribution in [1.29, 1.82) is 0 Å². The molecule has 3 aromatic rings. The topological polar surface area (TPSA) is 75.1 Å². The zero-order chi connectivity index (χ0) is 15.7. The number of aromatic nitrogens is 1. The van der Waals surface area contributed by atoms with E-state index in [4.69, 9.17) is 16.6 Å². The fraction of sp³-hybridized carbons (Fsp3) is 0.0667. The van der Waals surface area contributed by atoms with Gasteiger partial charge in [0.25, 0.3) is 10.7 Å². The van der Waals surface area contributed by atoms with Gasteiger partial charge in [0.15, 0.2) is 5.58 Å². The first-order valence-corrected chi connectivity index (χ1v) is 8.37. The molecular formula is C15H12N2O3S2. The molecule has 0 fully saturated rings. The minimum atomic E-state index is -1.06. The second-order valence-corrected chi connectivity index (χ2v) is 6.41. The minimum absolute atomic E-state index is 0.248. The number of nitrogens with one attached hydrogen (secondary N) is 2. The molecule has 2 aromatic carbocycles. The van der Waals surface area contributed by atoms with E-state index in [1.807, 2.05) is 0 Å². The van der Waals surface area contributed by atoms with Gasteiger partial charge in [-0.1, -0.05) is 0 Å². The van der Waals surface area contributed by atoms with Crippen LogP contribution in [0.2, 0.25) is 0 Å². The maximum atomic E-state index is 12.2. The van der Waals surface area contributed by atoms with E-state index in [1.165, 1.54) is 0 Å². The average molecular weight is 332 g/mol. The highest BCUT2D eigenvalue weighted by molar-refractivity contribution is 7.84. The largest absolute Gasteiger partial charge is 0.429 e. The van der Waals surface area contributed by atoms with Gasteiger partial charge < -0.3 is 14.7 Å². The molecule has 2 N–H and O–H groups in total. The Morgan fingerprint density at radius 1 is 1.23 bits per heavy atom. The highest BCUT2D eigenvalue weighted by atomic mass is 32.2. The van der Waals surface area contributed by atoms with Crippen LogP contribution in [0.4, 0.5) is 5.69 Å². The third-order valence-corrected chi connectivity index (χ3v) is 4.25. The lowest BCUT2D eigenvalue weighted by atomic mass is 10.2. The summed E-state index contributed by atoms with van der Waals surface area (Å²) in [6.45, 7) is 0. The Balaban J connectivity index is 1.82. The Labute approximate surface area is 133 Å². The van der Waals surface area contributed by atoms with Crippen LogP contribution < -0.4 is 5.32 Å². The monoisotopic (exact) mass is 332 g/mol. The first-order valence-electron chi connectivity index (χ1n) is 6.40. The molecule has 0 aliphatic carbocycles. The number of hydrogen-bond acceptors (Lipinski definition) is 4. The normalized spacial score (nSPS) is 12.2. The molecule has 0 unspecified atom stereocenters. The quantitative estimate of drug-likeness (QED) is 0.720. The molecule has 0 radical (unpaired) electrons. The summed E-state index contributed by atoms with van der Waals surface area (Å²) >= 11 is 4.92. The summed E-state index contributed by atoms with van der Waals surface area (Å²) in [7, 11) is -1.06. The number of carbonyl (C=O) groups is 1. The van der Waals surface area contributed by atoms with Gasteiger partial charge in [0, 0.05) is 39.3 Å². The Hall–Kier alpha value is -2.25. The van der Waals surface area contributed by atoms with Crippen molar-refractivity contribution in [2.75, 3.05) is 11.6 Å². The van der Waals surface area contributed by atoms with Gasteiger partial charge >= 0.3 is 0 Å². The SMILES string of the molecule is C[S@@](=O)c1ccc(C(=O)Nc2ccc3[nH]c(=S)oc3c2)cc1. The van der Waals surface area contributed by atoms with Crippen molar-refractivity contribution < 1.29 is 13.4 Å². The molecule has 1 atom stereocenters. The molecular weight excluding hydrogens is 320 g/mol. The van der Waals surface area contributed by atoms with E-state index in [-0.39, 0.29) is 5.91 Å². The van der Waals surface area contributed by atoms with E-state index in [0.29, 0.717) is 26.6 Å². The van der Waals surface area contributed by atoms with Crippen LogP contribution in [0, 0.1) is 4.84 Å². The lowest BCUT2D eigenvalue weighted by molar-refractivity contribution is 0.102. The Bertz CT molecular complexity index is 926. The summed E-state index contributed by atoms with van der Waals surface area (Å²) in [6, 6.07) is 11.9. The van der Waals surface area contributed by atoms with E-state index in [2.05, 4.69) is 10.3 Å². The number of hydrogen-bond donors (Lipinski definition) is 2. The number of amides is 1. The van der Waals surface area contributed by atoms with Crippen LogP contribution in [0.1, 0.15) is 10.4 Å². The number of H-pyrrole nitrogens is 1. The fourth-order valence-electron chi connectivity index (χ4n) is 2.02. The lowest BCUT2D eigenvalue weighted by Gasteiger charge is -2.05. The van der Waals surface area contributed by atoms with Crippen LogP contribution in [-0.4, -0.2) is 21.4 Å². The molecule has 1 amide bonds. The number of aromatic amines is 1. The van der Waals surface area contributed by atoms with Crippen molar-refractivity contribution in [1.82, 2.24) is 4.98 Å². The van der Waals surface area contributed by atoms with Crippen LogP contribution in [0.5, 0.6) is 0 Å². The first kappa shape index (κ1) is 14.7. The van der Waals surface area contributed by atoms with E-state index >= 15 is 0 Å². The molecule has 7 heteroatoms. The highest BCUT2D eigenvalue weighted by Crippen LogP contribution is 2.19. The van der Waals surface area contributed by atoms with Gasteiger partial charge in [0.2, 0.25) is 0 Å². The summed E-state index contributed by atoms with van der Waals surface area (Å²) in [5, 5.41) is 2.79. The number of oxazole rings is 1. The molecule has 3 rings (SSSR count). The van der Waals surface area contributed by atoms with Crippen molar-refractivity contribution in [2.45, 2.75) is 4.90 Å². The van der Waals surface area contributed by atoms with E-state index < -0.39 is 10.8 Å². The van der Waals surface area contributed by atoms with Gasteiger partial charge in [-0.05, 0) is 48.6 Å². The van der Waals surface area contributed by atoms with Crippen LogP contribution in [0.25, 0.3) is 11.1 Å². The zero-order valence-corrected chi connectivity index (χ0v) is 13.2. The maximum absolute atomic E-state index is 12.2. The van der Waals surface area contributed by atoms with Crippen LogP contribution >= 0.6 is 12.2 Å². The molecule has 5 nitrogen and oxygen atoms in total. The van der Waals surface area contributed by atoms with Gasteiger partial charge in [-0.2, -0.15) is 0 Å². The second kappa shape index (κ2) is 5.86. The molecule has 0 spiro atoms. The predicted octanol–water partition coefficient (Wildman–Crippen LogP) is 3.48. The van der Waals surface area contributed by atoms with Crippen LogP contribution in [0.3, 0.4) is 0 Å². The summed E-state index contributed by atoms with van der Waals surface area (Å²) < 4.78 is 16.6. The number of benzene rings is 2. The lowest BCUT2D eigenvalue weighted by Crippen LogP contribution is -2.11.